The van der Waals surface area contributed by atoms with Gasteiger partial charge in [-0.05, 0) is 0 Å². The van der Waals surface area contributed by atoms with Crippen LogP contribution >= 0.6 is 8.60 Å². The molecule has 6 heavy (non-hydrogen) atoms. The first kappa shape index (κ1) is 6.27. The summed E-state index contributed by atoms with van der Waals surface area (Å²) in [6, 6.07) is 0. The van der Waals surface area contributed by atoms with Crippen LogP contribution in [0.2, 0.25) is 0 Å². The molecule has 0 saturated heterocycles. The van der Waals surface area contributed by atoms with Crippen molar-refractivity contribution in [2.24, 2.45) is 5.73 Å². The summed E-state index contributed by atoms with van der Waals surface area (Å²) in [5.41, 5.74) is 4.70. The van der Waals surface area contributed by atoms with E-state index in [0.717, 1.165) is 0 Å². The standard InChI is InChI=1S/CH6NO3P/c2-1-5-6(3)4/h3-4H,1-2H2. The van der Waals surface area contributed by atoms with Gasteiger partial charge in [0.15, 0.2) is 0 Å². The van der Waals surface area contributed by atoms with E-state index in [1.807, 2.05) is 0 Å². The molecule has 4 N–H and O–H groups in total. The fraction of sp³-hybridized carbons (Fsp3) is 1.00. The van der Waals surface area contributed by atoms with Crippen LogP contribution in [-0.2, 0) is 4.52 Å². The first-order valence-electron chi connectivity index (χ1n) is 1.28. The number of hydrogen-bond donors (Lipinski definition) is 3. The third-order valence-electron chi connectivity index (χ3n) is 0.190. The average molecular weight is 111 g/mol. The highest BCUT2D eigenvalue weighted by Gasteiger charge is 1.91. The maximum absolute atomic E-state index is 7.87. The van der Waals surface area contributed by atoms with Crippen LogP contribution in [0.15, 0.2) is 0 Å². The van der Waals surface area contributed by atoms with E-state index in [1.165, 1.54) is 0 Å². The van der Waals surface area contributed by atoms with E-state index < -0.39 is 8.60 Å². The summed E-state index contributed by atoms with van der Waals surface area (Å²) in [4.78, 5) is 15.7. The second kappa shape index (κ2) is 3.46. The summed E-state index contributed by atoms with van der Waals surface area (Å²) in [7, 11) is -2.23. The predicted octanol–water partition coefficient (Wildman–Crippen LogP) is -0.869. The molecule has 0 bridgehead atoms. The van der Waals surface area contributed by atoms with E-state index in [9.17, 15) is 0 Å². The van der Waals surface area contributed by atoms with Gasteiger partial charge in [0.1, 0.15) is 6.73 Å². The Labute approximate surface area is 36.5 Å². The van der Waals surface area contributed by atoms with Gasteiger partial charge in [-0.2, -0.15) is 0 Å². The molecule has 0 aromatic heterocycles. The Hall–Kier alpha value is 0.270. The molecule has 0 unspecified atom stereocenters. The number of nitrogens with two attached hydrogens (primary N) is 1. The zero-order valence-electron chi connectivity index (χ0n) is 3.03. The van der Waals surface area contributed by atoms with Gasteiger partial charge in [-0.15, -0.1) is 0 Å². The van der Waals surface area contributed by atoms with E-state index in [2.05, 4.69) is 4.52 Å². The topological polar surface area (TPSA) is 75.7 Å². The Morgan fingerprint density at radius 1 is 1.67 bits per heavy atom. The lowest BCUT2D eigenvalue weighted by atomic mass is 11.4. The molecule has 0 spiro atoms. The van der Waals surface area contributed by atoms with Crippen LogP contribution < -0.4 is 5.73 Å². The van der Waals surface area contributed by atoms with Crippen LogP contribution in [-0.4, -0.2) is 16.5 Å². The molecule has 0 radical (unpaired) electrons. The highest BCUT2D eigenvalue weighted by atomic mass is 31.2. The fourth-order valence-corrected chi connectivity index (χ4v) is 0.200. The van der Waals surface area contributed by atoms with Crippen molar-refractivity contribution in [2.45, 2.75) is 0 Å². The number of rotatable bonds is 2. The van der Waals surface area contributed by atoms with Gasteiger partial charge < -0.3 is 15.5 Å². The molecule has 0 atom stereocenters. The van der Waals surface area contributed by atoms with Crippen molar-refractivity contribution in [3.8, 4) is 0 Å². The molecule has 38 valence electrons. The predicted molar refractivity (Wildman–Crippen MR) is 21.5 cm³/mol. The minimum Gasteiger partial charge on any atom is -0.328 e. The van der Waals surface area contributed by atoms with E-state index in [0.29, 0.717) is 0 Å². The summed E-state index contributed by atoms with van der Waals surface area (Å²) in [5, 5.41) is 0. The van der Waals surface area contributed by atoms with Crippen LogP contribution in [0.3, 0.4) is 0 Å². The molecule has 0 aliphatic carbocycles. The molecule has 0 saturated carbocycles. The minimum atomic E-state index is -2.23. The lowest BCUT2D eigenvalue weighted by molar-refractivity contribution is 0.262. The van der Waals surface area contributed by atoms with Crippen molar-refractivity contribution in [3.05, 3.63) is 0 Å². The van der Waals surface area contributed by atoms with Crippen molar-refractivity contribution in [3.63, 3.8) is 0 Å². The van der Waals surface area contributed by atoms with Gasteiger partial charge >= 0.3 is 8.60 Å². The van der Waals surface area contributed by atoms with Crippen LogP contribution in [0, 0.1) is 0 Å². The minimum absolute atomic E-state index is 0.140. The molecular formula is CH6NO3P. The summed E-state index contributed by atoms with van der Waals surface area (Å²) < 4.78 is 4.00. The summed E-state index contributed by atoms with van der Waals surface area (Å²) in [6.07, 6.45) is 0. The van der Waals surface area contributed by atoms with Gasteiger partial charge in [0.05, 0.1) is 0 Å². The maximum Gasteiger partial charge on any atom is 0.328 e. The quantitative estimate of drug-likeness (QED) is 0.320. The molecule has 0 fully saturated rings. The molecule has 0 aromatic carbocycles. The lowest BCUT2D eigenvalue weighted by Crippen LogP contribution is -1.99. The molecule has 5 heteroatoms. The third kappa shape index (κ3) is 4.27. The molecule has 0 aliphatic heterocycles. The molecule has 4 nitrogen and oxygen atoms in total. The second-order valence-corrected chi connectivity index (χ2v) is 1.31. The van der Waals surface area contributed by atoms with Gasteiger partial charge in [-0.25, -0.2) is 0 Å². The van der Waals surface area contributed by atoms with Crippen molar-refractivity contribution in [1.29, 1.82) is 0 Å². The van der Waals surface area contributed by atoms with Crippen molar-refractivity contribution < 1.29 is 14.3 Å². The molecule has 0 rings (SSSR count). The Bertz CT molecular complexity index is 32.0. The summed E-state index contributed by atoms with van der Waals surface area (Å²) in [6.45, 7) is -0.140. The summed E-state index contributed by atoms with van der Waals surface area (Å²) in [5.74, 6) is 0. The smallest absolute Gasteiger partial charge is 0.328 e. The largest absolute Gasteiger partial charge is 0.328 e. The van der Waals surface area contributed by atoms with E-state index in [-0.39, 0.29) is 6.73 Å². The first-order valence-corrected chi connectivity index (χ1v) is 2.44. The highest BCUT2D eigenvalue weighted by molar-refractivity contribution is 7.39. The lowest BCUT2D eigenvalue weighted by Gasteiger charge is -1.95. The Morgan fingerprint density at radius 3 is 2.17 bits per heavy atom. The van der Waals surface area contributed by atoms with E-state index >= 15 is 0 Å². The zero-order chi connectivity index (χ0) is 4.99. The normalized spacial score (nSPS) is 10.0. The summed E-state index contributed by atoms with van der Waals surface area (Å²) >= 11 is 0. The highest BCUT2D eigenvalue weighted by Crippen LogP contribution is 2.22. The monoisotopic (exact) mass is 111 g/mol. The SMILES string of the molecule is NCOP(O)O. The van der Waals surface area contributed by atoms with Crippen molar-refractivity contribution in [1.82, 2.24) is 0 Å². The van der Waals surface area contributed by atoms with Crippen LogP contribution in [0.1, 0.15) is 0 Å². The van der Waals surface area contributed by atoms with Crippen LogP contribution in [0.5, 0.6) is 0 Å². The third-order valence-corrected chi connectivity index (χ3v) is 0.570. The Kier molecular flexibility index (Phi) is 3.62. The molecule has 0 heterocycles. The molecular weight excluding hydrogens is 105 g/mol. The Balaban J connectivity index is 2.63. The van der Waals surface area contributed by atoms with Crippen molar-refractivity contribution in [2.75, 3.05) is 6.73 Å². The second-order valence-electron chi connectivity index (χ2n) is 0.549. The van der Waals surface area contributed by atoms with Gasteiger partial charge in [0.2, 0.25) is 0 Å². The average Bonchev–Trinajstić information content (AvgIpc) is 1.35. The van der Waals surface area contributed by atoms with E-state index in [4.69, 9.17) is 15.5 Å². The van der Waals surface area contributed by atoms with Gasteiger partial charge in [-0.3, -0.25) is 4.52 Å². The maximum atomic E-state index is 7.87. The van der Waals surface area contributed by atoms with Crippen LogP contribution in [0.4, 0.5) is 0 Å². The zero-order valence-corrected chi connectivity index (χ0v) is 3.93. The number of hydrogen-bond acceptors (Lipinski definition) is 4. The molecule has 0 aromatic rings. The van der Waals surface area contributed by atoms with E-state index in [1.54, 1.807) is 0 Å². The molecule has 0 amide bonds. The van der Waals surface area contributed by atoms with Gasteiger partial charge in [0, 0.05) is 0 Å². The van der Waals surface area contributed by atoms with Crippen molar-refractivity contribution >= 4 is 8.60 Å². The fourth-order valence-electron chi connectivity index (χ4n) is 0.0667. The molecule has 0 aliphatic rings. The first-order chi connectivity index (χ1) is 2.77. The van der Waals surface area contributed by atoms with Crippen LogP contribution in [0.25, 0.3) is 0 Å². The van der Waals surface area contributed by atoms with Gasteiger partial charge in [0.25, 0.3) is 0 Å². The Morgan fingerprint density at radius 2 is 2.17 bits per heavy atom. The van der Waals surface area contributed by atoms with Gasteiger partial charge in [-0.1, -0.05) is 0 Å².